The molecule has 3 rings (SSSR count). The molecular formula is C17H17N3. The molecule has 0 aliphatic rings. The summed E-state index contributed by atoms with van der Waals surface area (Å²) in [4.78, 5) is 7.73. The van der Waals surface area contributed by atoms with E-state index in [1.54, 1.807) is 0 Å². The second-order valence-corrected chi connectivity index (χ2v) is 4.85. The Balaban J connectivity index is 1.77. The number of aromatic nitrogens is 2. The van der Waals surface area contributed by atoms with Crippen LogP contribution in [0.5, 0.6) is 0 Å². The molecule has 0 fully saturated rings. The minimum atomic E-state index is -0.0673. The Morgan fingerprint density at radius 1 is 0.950 bits per heavy atom. The minimum Gasteiger partial charge on any atom is -0.341 e. The number of benzene rings is 2. The summed E-state index contributed by atoms with van der Waals surface area (Å²) >= 11 is 0. The van der Waals surface area contributed by atoms with Crippen molar-refractivity contribution in [3.8, 4) is 11.4 Å². The van der Waals surface area contributed by atoms with Crippen LogP contribution in [0.2, 0.25) is 0 Å². The van der Waals surface area contributed by atoms with E-state index in [1.165, 1.54) is 5.56 Å². The minimum absolute atomic E-state index is 0.0673. The van der Waals surface area contributed by atoms with Crippen LogP contribution < -0.4 is 5.73 Å². The largest absolute Gasteiger partial charge is 0.341 e. The SMILES string of the molecule is N[C@@H](Cc1ccccc1)c1cnc(-c2ccccc2)[nH]1. The number of aromatic amines is 1. The molecule has 0 saturated heterocycles. The number of hydrogen-bond acceptors (Lipinski definition) is 2. The lowest BCUT2D eigenvalue weighted by atomic mass is 10.0. The predicted molar refractivity (Wildman–Crippen MR) is 81.1 cm³/mol. The first-order valence-electron chi connectivity index (χ1n) is 6.73. The Bertz CT molecular complexity index is 659. The highest BCUT2D eigenvalue weighted by Crippen LogP contribution is 2.19. The van der Waals surface area contributed by atoms with Gasteiger partial charge in [0.1, 0.15) is 5.82 Å². The maximum atomic E-state index is 6.25. The van der Waals surface area contributed by atoms with E-state index in [9.17, 15) is 0 Å². The first kappa shape index (κ1) is 12.6. The van der Waals surface area contributed by atoms with E-state index >= 15 is 0 Å². The molecule has 3 heteroatoms. The smallest absolute Gasteiger partial charge is 0.137 e. The van der Waals surface area contributed by atoms with Gasteiger partial charge in [-0.2, -0.15) is 0 Å². The summed E-state index contributed by atoms with van der Waals surface area (Å²) in [5.41, 5.74) is 9.52. The van der Waals surface area contributed by atoms with E-state index in [2.05, 4.69) is 22.1 Å². The topological polar surface area (TPSA) is 54.7 Å². The van der Waals surface area contributed by atoms with E-state index in [1.807, 2.05) is 54.7 Å². The van der Waals surface area contributed by atoms with Crippen molar-refractivity contribution in [3.05, 3.63) is 78.1 Å². The zero-order valence-corrected chi connectivity index (χ0v) is 11.2. The van der Waals surface area contributed by atoms with Crippen molar-refractivity contribution in [1.29, 1.82) is 0 Å². The molecular weight excluding hydrogens is 246 g/mol. The maximum absolute atomic E-state index is 6.25. The van der Waals surface area contributed by atoms with Gasteiger partial charge in [-0.1, -0.05) is 60.7 Å². The van der Waals surface area contributed by atoms with Gasteiger partial charge in [-0.3, -0.25) is 0 Å². The molecule has 0 bridgehead atoms. The van der Waals surface area contributed by atoms with Crippen LogP contribution in [-0.4, -0.2) is 9.97 Å². The number of rotatable bonds is 4. The summed E-state index contributed by atoms with van der Waals surface area (Å²) in [6, 6.07) is 20.3. The predicted octanol–water partition coefficient (Wildman–Crippen LogP) is 3.32. The highest BCUT2D eigenvalue weighted by molar-refractivity contribution is 5.54. The number of hydrogen-bond donors (Lipinski definition) is 2. The maximum Gasteiger partial charge on any atom is 0.137 e. The second kappa shape index (κ2) is 5.72. The van der Waals surface area contributed by atoms with Crippen LogP contribution in [0.3, 0.4) is 0 Å². The highest BCUT2D eigenvalue weighted by atomic mass is 14.9. The molecule has 3 aromatic rings. The lowest BCUT2D eigenvalue weighted by Crippen LogP contribution is -2.13. The number of imidazole rings is 1. The lowest BCUT2D eigenvalue weighted by molar-refractivity contribution is 0.702. The first-order chi connectivity index (χ1) is 9.83. The van der Waals surface area contributed by atoms with Crippen LogP contribution in [0, 0.1) is 0 Å². The number of nitrogens with zero attached hydrogens (tertiary/aromatic N) is 1. The quantitative estimate of drug-likeness (QED) is 0.758. The Labute approximate surface area is 118 Å². The van der Waals surface area contributed by atoms with Gasteiger partial charge in [-0.05, 0) is 12.0 Å². The van der Waals surface area contributed by atoms with Crippen LogP contribution in [0.15, 0.2) is 66.9 Å². The summed E-state index contributed by atoms with van der Waals surface area (Å²) in [5.74, 6) is 0.865. The van der Waals surface area contributed by atoms with Gasteiger partial charge in [-0.25, -0.2) is 4.98 Å². The molecule has 20 heavy (non-hydrogen) atoms. The van der Waals surface area contributed by atoms with Crippen molar-refractivity contribution >= 4 is 0 Å². The zero-order valence-electron chi connectivity index (χ0n) is 11.2. The lowest BCUT2D eigenvalue weighted by Gasteiger charge is -2.09. The normalized spacial score (nSPS) is 12.2. The number of H-pyrrole nitrogens is 1. The molecule has 0 saturated carbocycles. The molecule has 3 N–H and O–H groups in total. The van der Waals surface area contributed by atoms with Gasteiger partial charge in [0, 0.05) is 5.56 Å². The van der Waals surface area contributed by atoms with Gasteiger partial charge in [0.2, 0.25) is 0 Å². The van der Waals surface area contributed by atoms with Crippen LogP contribution in [0.25, 0.3) is 11.4 Å². The molecule has 0 aliphatic heterocycles. The molecule has 0 spiro atoms. The Kier molecular flexibility index (Phi) is 3.61. The molecule has 1 aromatic heterocycles. The summed E-state index contributed by atoms with van der Waals surface area (Å²) in [6.45, 7) is 0. The molecule has 0 aliphatic carbocycles. The van der Waals surface area contributed by atoms with E-state index in [0.29, 0.717) is 0 Å². The summed E-state index contributed by atoms with van der Waals surface area (Å²) < 4.78 is 0. The molecule has 3 nitrogen and oxygen atoms in total. The van der Waals surface area contributed by atoms with Crippen LogP contribution in [-0.2, 0) is 6.42 Å². The van der Waals surface area contributed by atoms with Crippen molar-refractivity contribution in [3.63, 3.8) is 0 Å². The monoisotopic (exact) mass is 263 g/mol. The third-order valence-corrected chi connectivity index (χ3v) is 3.34. The fraction of sp³-hybridized carbons (Fsp3) is 0.118. The summed E-state index contributed by atoms with van der Waals surface area (Å²) in [6.07, 6.45) is 2.63. The Morgan fingerprint density at radius 2 is 1.60 bits per heavy atom. The van der Waals surface area contributed by atoms with Gasteiger partial charge < -0.3 is 10.7 Å². The highest BCUT2D eigenvalue weighted by Gasteiger charge is 2.11. The average molecular weight is 263 g/mol. The van der Waals surface area contributed by atoms with Gasteiger partial charge in [-0.15, -0.1) is 0 Å². The van der Waals surface area contributed by atoms with Crippen LogP contribution in [0.4, 0.5) is 0 Å². The molecule has 100 valence electrons. The average Bonchev–Trinajstić information content (AvgIpc) is 2.99. The summed E-state index contributed by atoms with van der Waals surface area (Å²) in [5, 5.41) is 0. The first-order valence-corrected chi connectivity index (χ1v) is 6.73. The standard InChI is InChI=1S/C17H17N3/c18-15(11-13-7-3-1-4-8-13)16-12-19-17(20-16)14-9-5-2-6-10-14/h1-10,12,15H,11,18H2,(H,19,20)/t15-/m0/s1. The fourth-order valence-corrected chi connectivity index (χ4v) is 2.24. The molecule has 1 atom stereocenters. The number of nitrogens with two attached hydrogens (primary N) is 1. The van der Waals surface area contributed by atoms with Crippen molar-refractivity contribution in [2.45, 2.75) is 12.5 Å². The van der Waals surface area contributed by atoms with E-state index in [0.717, 1.165) is 23.5 Å². The third-order valence-electron chi connectivity index (χ3n) is 3.34. The van der Waals surface area contributed by atoms with E-state index in [4.69, 9.17) is 5.73 Å². The second-order valence-electron chi connectivity index (χ2n) is 4.85. The van der Waals surface area contributed by atoms with Gasteiger partial charge in [0.05, 0.1) is 17.9 Å². The Hall–Kier alpha value is -2.39. The van der Waals surface area contributed by atoms with Gasteiger partial charge in [0.25, 0.3) is 0 Å². The van der Waals surface area contributed by atoms with Crippen LogP contribution >= 0.6 is 0 Å². The fourth-order valence-electron chi connectivity index (χ4n) is 2.24. The molecule has 0 radical (unpaired) electrons. The Morgan fingerprint density at radius 3 is 2.30 bits per heavy atom. The number of nitrogens with one attached hydrogen (secondary N) is 1. The molecule has 2 aromatic carbocycles. The van der Waals surface area contributed by atoms with Crippen LogP contribution in [0.1, 0.15) is 17.3 Å². The van der Waals surface area contributed by atoms with Crippen molar-refractivity contribution in [1.82, 2.24) is 9.97 Å². The summed E-state index contributed by atoms with van der Waals surface area (Å²) in [7, 11) is 0. The third kappa shape index (κ3) is 2.78. The van der Waals surface area contributed by atoms with E-state index < -0.39 is 0 Å². The molecule has 1 heterocycles. The van der Waals surface area contributed by atoms with Gasteiger partial charge in [0.15, 0.2) is 0 Å². The van der Waals surface area contributed by atoms with Crippen molar-refractivity contribution < 1.29 is 0 Å². The zero-order chi connectivity index (χ0) is 13.8. The molecule has 0 amide bonds. The molecule has 0 unspecified atom stereocenters. The van der Waals surface area contributed by atoms with Crippen molar-refractivity contribution in [2.75, 3.05) is 0 Å². The van der Waals surface area contributed by atoms with Crippen molar-refractivity contribution in [2.24, 2.45) is 5.73 Å². The van der Waals surface area contributed by atoms with Gasteiger partial charge >= 0.3 is 0 Å². The van der Waals surface area contributed by atoms with E-state index in [-0.39, 0.29) is 6.04 Å².